The Hall–Kier alpha value is -9.45. The molecule has 19 rings (SSSR count). The summed E-state index contributed by atoms with van der Waals surface area (Å²) in [5, 5.41) is 2.33. The summed E-state index contributed by atoms with van der Waals surface area (Å²) in [5.41, 5.74) is 17.8. The van der Waals surface area contributed by atoms with E-state index in [2.05, 4.69) is 296 Å². The van der Waals surface area contributed by atoms with Gasteiger partial charge in [-0.3, -0.25) is 4.57 Å². The molecule has 5 nitrogen and oxygen atoms in total. The summed E-state index contributed by atoms with van der Waals surface area (Å²) in [7, 11) is 0. The maximum atomic E-state index is 7.02. The number of hydrogen-bond acceptors (Lipinski definition) is 4. The van der Waals surface area contributed by atoms with Gasteiger partial charge in [0.05, 0.1) is 39.9 Å². The number of pyridine rings is 1. The highest BCUT2D eigenvalue weighted by molar-refractivity contribution is 6.09. The summed E-state index contributed by atoms with van der Waals surface area (Å²) in [6, 6.07) is 98.1. The molecule has 79 heavy (non-hydrogen) atoms. The summed E-state index contributed by atoms with van der Waals surface area (Å²) in [4.78, 5) is 10.3. The maximum absolute atomic E-state index is 7.02. The minimum Gasteiger partial charge on any atom is -0.457 e. The molecule has 0 amide bonds. The lowest BCUT2D eigenvalue weighted by Gasteiger charge is -2.68. The van der Waals surface area contributed by atoms with Gasteiger partial charge in [-0.25, -0.2) is 4.98 Å². The molecule has 6 aliphatic carbocycles. The first-order valence-corrected chi connectivity index (χ1v) is 27.7. The maximum Gasteiger partial charge on any atom is 0.137 e. The Kier molecular flexibility index (Phi) is 9.71. The number of rotatable bonds is 7. The van der Waals surface area contributed by atoms with E-state index in [0.29, 0.717) is 6.67 Å². The van der Waals surface area contributed by atoms with Crippen molar-refractivity contribution >= 4 is 38.9 Å². The van der Waals surface area contributed by atoms with E-state index in [-0.39, 0.29) is 11.3 Å². The second-order valence-corrected chi connectivity index (χ2v) is 23.0. The molecule has 0 fully saturated rings. The fourth-order valence-electron chi connectivity index (χ4n) is 15.4. The summed E-state index contributed by atoms with van der Waals surface area (Å²) < 4.78 is 9.30. The van der Waals surface area contributed by atoms with Gasteiger partial charge < -0.3 is 14.5 Å². The Morgan fingerprint density at radius 1 is 0.456 bits per heavy atom. The van der Waals surface area contributed by atoms with Crippen molar-refractivity contribution in [3.63, 3.8) is 0 Å². The molecule has 0 radical (unpaired) electrons. The first kappa shape index (κ1) is 45.7. The van der Waals surface area contributed by atoms with Crippen LogP contribution in [-0.4, -0.2) is 16.2 Å². The average molecular weight is 1020 g/mol. The molecule has 5 heteroatoms. The van der Waals surface area contributed by atoms with Crippen molar-refractivity contribution in [1.82, 2.24) is 9.55 Å². The van der Waals surface area contributed by atoms with Crippen molar-refractivity contribution in [3.05, 3.63) is 328 Å². The summed E-state index contributed by atoms with van der Waals surface area (Å²) >= 11 is 0. The van der Waals surface area contributed by atoms with Crippen molar-refractivity contribution in [2.45, 2.75) is 48.5 Å². The number of nitrogens with zero attached hydrogens (tertiary/aromatic N) is 4. The molecule has 3 heterocycles. The van der Waals surface area contributed by atoms with E-state index < -0.39 is 16.4 Å². The van der Waals surface area contributed by atoms with Crippen LogP contribution in [0.4, 0.5) is 17.1 Å². The Bertz CT molecular complexity index is 4320. The van der Waals surface area contributed by atoms with E-state index >= 15 is 0 Å². The van der Waals surface area contributed by atoms with Crippen LogP contribution in [0.5, 0.6) is 11.5 Å². The lowest BCUT2D eigenvalue weighted by atomic mass is 9.37. The van der Waals surface area contributed by atoms with Crippen molar-refractivity contribution in [2.24, 2.45) is 0 Å². The molecule has 0 spiro atoms. The quantitative estimate of drug-likeness (QED) is 0.159. The van der Waals surface area contributed by atoms with E-state index in [0.717, 1.165) is 45.1 Å². The predicted molar refractivity (Wildman–Crippen MR) is 321 cm³/mol. The molecule has 0 saturated heterocycles. The SMILES string of the molecule is CC(C)(C)c1ccnc(-n2c3ccccc3c3ccc(Oc4cccc(N5CN(C67c8ccccc8C(c8ccccc86)C6(c8ccccc8)c8ccccc8C7(c7ccccc7)c7ccccc76)c6ccccc65)c4)cc32)c1. The number of hydrogen-bond donors (Lipinski definition) is 0. The molecule has 0 atom stereocenters. The van der Waals surface area contributed by atoms with Gasteiger partial charge in [0.1, 0.15) is 22.9 Å². The standard InChI is InChI=1S/C74H56N4O/c1-71(2,3)51-43-44-75-69(45-51)78-65-38-19-12-29-55(65)56-42-41-54(47-68(56)78)79-53-28-22-27-52(46-53)76-48-77(67-40-21-20-39-66(67)76)74-59-32-13-10-30-57(59)70(58-31-11-14-33-60(58)74)72(49-23-6-4-7-24-49)61-34-15-17-36-63(61)73(74,50-25-8-5-9-26-50)64-37-18-16-35-62(64)72/h4-47,70H,48H2,1-3H3. The van der Waals surface area contributed by atoms with Gasteiger partial charge in [-0.2, -0.15) is 0 Å². The van der Waals surface area contributed by atoms with E-state index in [1.54, 1.807) is 0 Å². The first-order chi connectivity index (χ1) is 38.8. The van der Waals surface area contributed by atoms with Crippen LogP contribution in [0.2, 0.25) is 0 Å². The number of para-hydroxylation sites is 3. The Morgan fingerprint density at radius 3 is 1.70 bits per heavy atom. The topological polar surface area (TPSA) is 33.5 Å². The first-order valence-electron chi connectivity index (χ1n) is 27.7. The van der Waals surface area contributed by atoms with Gasteiger partial charge in [-0.1, -0.05) is 215 Å². The third-order valence-corrected chi connectivity index (χ3v) is 18.2. The van der Waals surface area contributed by atoms with Crippen LogP contribution >= 0.6 is 0 Å². The zero-order valence-corrected chi connectivity index (χ0v) is 44.4. The van der Waals surface area contributed by atoms with Crippen LogP contribution in [0.15, 0.2) is 267 Å². The summed E-state index contributed by atoms with van der Waals surface area (Å²) in [5.74, 6) is 2.35. The fourth-order valence-corrected chi connectivity index (χ4v) is 15.4. The van der Waals surface area contributed by atoms with Gasteiger partial charge in [0.25, 0.3) is 0 Å². The molecule has 1 aliphatic heterocycles. The summed E-state index contributed by atoms with van der Waals surface area (Å²) in [6.07, 6.45) is 1.93. The Balaban J connectivity index is 0.909. The highest BCUT2D eigenvalue weighted by atomic mass is 16.5. The van der Waals surface area contributed by atoms with E-state index in [4.69, 9.17) is 9.72 Å². The second kappa shape index (κ2) is 16.8. The van der Waals surface area contributed by atoms with Crippen molar-refractivity contribution in [3.8, 4) is 17.3 Å². The molecule has 12 aromatic rings. The highest BCUT2D eigenvalue weighted by Gasteiger charge is 2.72. The minimum atomic E-state index is -0.846. The van der Waals surface area contributed by atoms with Crippen molar-refractivity contribution < 1.29 is 4.74 Å². The smallest absolute Gasteiger partial charge is 0.137 e. The molecule has 7 aliphatic rings. The van der Waals surface area contributed by atoms with Gasteiger partial charge in [0.2, 0.25) is 0 Å². The van der Waals surface area contributed by atoms with Crippen LogP contribution in [-0.2, 0) is 21.8 Å². The molecule has 2 aromatic heterocycles. The van der Waals surface area contributed by atoms with Crippen molar-refractivity contribution in [2.75, 3.05) is 16.5 Å². The third kappa shape index (κ3) is 6.02. The monoisotopic (exact) mass is 1020 g/mol. The van der Waals surface area contributed by atoms with Crippen LogP contribution in [0.3, 0.4) is 0 Å². The van der Waals surface area contributed by atoms with E-state index in [9.17, 15) is 0 Å². The molecule has 10 aromatic carbocycles. The van der Waals surface area contributed by atoms with Crippen LogP contribution in [0.1, 0.15) is 87.9 Å². The minimum absolute atomic E-state index is 0.0303. The molecular weight excluding hydrogens is 961 g/mol. The van der Waals surface area contributed by atoms with E-state index in [1.807, 2.05) is 6.20 Å². The zero-order chi connectivity index (χ0) is 52.7. The number of ether oxygens (including phenoxy) is 1. The molecule has 378 valence electrons. The number of aromatic nitrogens is 2. The molecule has 4 bridgehead atoms. The van der Waals surface area contributed by atoms with Gasteiger partial charge >= 0.3 is 0 Å². The van der Waals surface area contributed by atoms with Gasteiger partial charge in [0.15, 0.2) is 0 Å². The zero-order valence-electron chi connectivity index (χ0n) is 44.4. The lowest BCUT2D eigenvalue weighted by Crippen LogP contribution is -2.69. The molecule has 0 N–H and O–H groups in total. The third-order valence-electron chi connectivity index (χ3n) is 18.2. The normalized spacial score (nSPS) is 20.3. The second-order valence-electron chi connectivity index (χ2n) is 23.0. The van der Waals surface area contributed by atoms with Crippen LogP contribution < -0.4 is 14.5 Å². The lowest BCUT2D eigenvalue weighted by molar-refractivity contribution is 0.282. The number of anilines is 3. The van der Waals surface area contributed by atoms with Gasteiger partial charge in [-0.05, 0) is 121 Å². The van der Waals surface area contributed by atoms with E-state index in [1.165, 1.54) is 72.3 Å². The summed E-state index contributed by atoms with van der Waals surface area (Å²) in [6.45, 7) is 7.31. The van der Waals surface area contributed by atoms with Gasteiger partial charge in [-0.15, -0.1) is 0 Å². The Labute approximate surface area is 461 Å². The molecule has 0 unspecified atom stereocenters. The Morgan fingerprint density at radius 2 is 1.01 bits per heavy atom. The molecule has 0 saturated carbocycles. The predicted octanol–water partition coefficient (Wildman–Crippen LogP) is 17.3. The average Bonchev–Trinajstić information content (AvgIpc) is 1.97. The molecular formula is C74H56N4O. The number of fused-ring (bicyclic) bond motifs is 4. The van der Waals surface area contributed by atoms with Crippen LogP contribution in [0.25, 0.3) is 27.6 Å². The highest BCUT2D eigenvalue weighted by Crippen LogP contribution is 2.75. The largest absolute Gasteiger partial charge is 0.457 e. The van der Waals surface area contributed by atoms with Crippen LogP contribution in [0, 0.1) is 0 Å². The van der Waals surface area contributed by atoms with Gasteiger partial charge in [0, 0.05) is 40.7 Å². The fraction of sp³-hybridized carbons (Fsp3) is 0.122. The number of benzene rings is 10. The van der Waals surface area contributed by atoms with Crippen molar-refractivity contribution in [1.29, 1.82) is 0 Å².